The van der Waals surface area contributed by atoms with Gasteiger partial charge >= 0.3 is 0 Å². The van der Waals surface area contributed by atoms with E-state index in [0.29, 0.717) is 17.1 Å². The molecule has 0 saturated carbocycles. The minimum atomic E-state index is -3.92. The molecule has 3 aromatic carbocycles. The van der Waals surface area contributed by atoms with E-state index in [9.17, 15) is 13.2 Å². The summed E-state index contributed by atoms with van der Waals surface area (Å²) in [5.41, 5.74) is 2.38. The number of methoxy groups -OCH3 is 2. The molecule has 7 nitrogen and oxygen atoms in total. The summed E-state index contributed by atoms with van der Waals surface area (Å²) in [6, 6.07) is 19.2. The van der Waals surface area contributed by atoms with E-state index >= 15 is 0 Å². The number of ether oxygens (including phenoxy) is 2. The van der Waals surface area contributed by atoms with Crippen LogP contribution in [-0.2, 0) is 27.9 Å². The predicted octanol–water partition coefficient (Wildman–Crippen LogP) is 4.28. The second kappa shape index (κ2) is 11.5. The second-order valence-corrected chi connectivity index (χ2v) is 10.5. The highest BCUT2D eigenvalue weighted by Crippen LogP contribution is 2.28. The molecule has 0 heterocycles. The van der Waals surface area contributed by atoms with Crippen LogP contribution in [0.5, 0.6) is 11.5 Å². The van der Waals surface area contributed by atoms with Gasteiger partial charge in [0.05, 0.1) is 37.8 Å². The lowest BCUT2D eigenvalue weighted by molar-refractivity contribution is -0.121. The number of aryl methyl sites for hydroxylation is 1. The molecule has 0 atom stereocenters. The standard InChI is InChI=1S/C25H27BrN2O5S/c1-18-7-13-21(14-8-18)34(30,31)28(16-19-9-11-20(26)12-10-19)17-25(29)27-15-22-23(32-2)5-4-6-24(22)33-3/h4-14H,15-17H2,1-3H3,(H,27,29). The SMILES string of the molecule is COc1cccc(OC)c1CNC(=O)CN(Cc1ccc(Br)cc1)S(=O)(=O)c1ccc(C)cc1. The van der Waals surface area contributed by atoms with E-state index in [1.165, 1.54) is 18.5 Å². The van der Waals surface area contributed by atoms with Crippen molar-refractivity contribution in [3.05, 3.63) is 87.9 Å². The third kappa shape index (κ3) is 6.37. The summed E-state index contributed by atoms with van der Waals surface area (Å²) in [5.74, 6) is 0.693. The summed E-state index contributed by atoms with van der Waals surface area (Å²) in [7, 11) is -0.847. The third-order valence-corrected chi connectivity index (χ3v) is 7.58. The Hall–Kier alpha value is -2.88. The molecule has 1 N–H and O–H groups in total. The van der Waals surface area contributed by atoms with Crippen molar-refractivity contribution in [1.82, 2.24) is 9.62 Å². The molecule has 0 spiro atoms. The summed E-state index contributed by atoms with van der Waals surface area (Å²) in [6.07, 6.45) is 0. The van der Waals surface area contributed by atoms with E-state index in [2.05, 4.69) is 21.2 Å². The largest absolute Gasteiger partial charge is 0.496 e. The summed E-state index contributed by atoms with van der Waals surface area (Å²) in [4.78, 5) is 13.0. The number of carbonyl (C=O) groups excluding carboxylic acids is 1. The first-order chi connectivity index (χ1) is 16.2. The van der Waals surface area contributed by atoms with Gasteiger partial charge in [0.2, 0.25) is 15.9 Å². The van der Waals surface area contributed by atoms with Crippen molar-refractivity contribution in [3.63, 3.8) is 0 Å². The second-order valence-electron chi connectivity index (χ2n) is 7.63. The highest BCUT2D eigenvalue weighted by Gasteiger charge is 2.27. The number of benzene rings is 3. The number of hydrogen-bond donors (Lipinski definition) is 1. The van der Waals surface area contributed by atoms with Gasteiger partial charge in [0, 0.05) is 11.0 Å². The zero-order valence-electron chi connectivity index (χ0n) is 19.2. The van der Waals surface area contributed by atoms with Gasteiger partial charge in [0.15, 0.2) is 0 Å². The number of rotatable bonds is 10. The van der Waals surface area contributed by atoms with Gasteiger partial charge in [-0.15, -0.1) is 0 Å². The van der Waals surface area contributed by atoms with Crippen molar-refractivity contribution >= 4 is 31.9 Å². The molecule has 0 unspecified atom stereocenters. The van der Waals surface area contributed by atoms with Gasteiger partial charge in [0.1, 0.15) is 11.5 Å². The molecule has 0 aliphatic rings. The van der Waals surface area contributed by atoms with Crippen LogP contribution in [-0.4, -0.2) is 39.4 Å². The molecular weight excluding hydrogens is 520 g/mol. The van der Waals surface area contributed by atoms with Crippen molar-refractivity contribution < 1.29 is 22.7 Å². The first kappa shape index (κ1) is 25.7. The number of nitrogens with zero attached hydrogens (tertiary/aromatic N) is 1. The molecule has 3 rings (SSSR count). The first-order valence-corrected chi connectivity index (χ1v) is 12.8. The summed E-state index contributed by atoms with van der Waals surface area (Å²) in [5, 5.41) is 2.79. The summed E-state index contributed by atoms with van der Waals surface area (Å²) < 4.78 is 39.6. The average Bonchev–Trinajstić information content (AvgIpc) is 2.83. The van der Waals surface area contributed by atoms with Crippen LogP contribution in [0.3, 0.4) is 0 Å². The number of hydrogen-bond acceptors (Lipinski definition) is 5. The highest BCUT2D eigenvalue weighted by molar-refractivity contribution is 9.10. The Morgan fingerprint density at radius 1 is 0.941 bits per heavy atom. The zero-order chi connectivity index (χ0) is 24.7. The maximum Gasteiger partial charge on any atom is 0.243 e. The fraction of sp³-hybridized carbons (Fsp3) is 0.240. The first-order valence-electron chi connectivity index (χ1n) is 10.5. The lowest BCUT2D eigenvalue weighted by Gasteiger charge is -2.22. The third-order valence-electron chi connectivity index (χ3n) is 5.24. The minimum Gasteiger partial charge on any atom is -0.496 e. The van der Waals surface area contributed by atoms with Crippen LogP contribution in [0.4, 0.5) is 0 Å². The Morgan fingerprint density at radius 2 is 1.53 bits per heavy atom. The molecule has 0 aliphatic carbocycles. The lowest BCUT2D eigenvalue weighted by atomic mass is 10.1. The van der Waals surface area contributed by atoms with Crippen molar-refractivity contribution in [1.29, 1.82) is 0 Å². The maximum absolute atomic E-state index is 13.4. The number of carbonyl (C=O) groups is 1. The van der Waals surface area contributed by atoms with Gasteiger partial charge in [-0.25, -0.2) is 8.42 Å². The van der Waals surface area contributed by atoms with Gasteiger partial charge in [-0.05, 0) is 48.9 Å². The van der Waals surface area contributed by atoms with Crippen molar-refractivity contribution in [3.8, 4) is 11.5 Å². The summed E-state index contributed by atoms with van der Waals surface area (Å²) in [6.45, 7) is 1.72. The molecule has 9 heteroatoms. The Kier molecular flexibility index (Phi) is 8.71. The predicted molar refractivity (Wildman–Crippen MR) is 134 cm³/mol. The van der Waals surface area contributed by atoms with E-state index in [1.54, 1.807) is 42.5 Å². The van der Waals surface area contributed by atoms with Crippen LogP contribution in [0.25, 0.3) is 0 Å². The summed E-state index contributed by atoms with van der Waals surface area (Å²) >= 11 is 3.38. The molecular formula is C25H27BrN2O5S. The fourth-order valence-corrected chi connectivity index (χ4v) is 5.03. The number of sulfonamides is 1. The maximum atomic E-state index is 13.4. The molecule has 0 fully saturated rings. The van der Waals surface area contributed by atoms with Crippen molar-refractivity contribution in [2.45, 2.75) is 24.9 Å². The van der Waals surface area contributed by atoms with Crippen LogP contribution in [0.15, 0.2) is 76.1 Å². The lowest BCUT2D eigenvalue weighted by Crippen LogP contribution is -2.40. The Bertz CT molecular complexity index is 1210. The van der Waals surface area contributed by atoms with E-state index in [1.807, 2.05) is 31.2 Å². The van der Waals surface area contributed by atoms with Gasteiger partial charge in [-0.3, -0.25) is 4.79 Å². The van der Waals surface area contributed by atoms with Gasteiger partial charge in [-0.1, -0.05) is 51.8 Å². The van der Waals surface area contributed by atoms with E-state index in [-0.39, 0.29) is 24.5 Å². The monoisotopic (exact) mass is 546 g/mol. The van der Waals surface area contributed by atoms with E-state index < -0.39 is 15.9 Å². The molecule has 180 valence electrons. The van der Waals surface area contributed by atoms with Gasteiger partial charge < -0.3 is 14.8 Å². The Labute approximate surface area is 208 Å². The Balaban J connectivity index is 1.83. The Morgan fingerprint density at radius 3 is 2.09 bits per heavy atom. The van der Waals surface area contributed by atoms with E-state index in [0.717, 1.165) is 15.6 Å². The molecule has 0 radical (unpaired) electrons. The van der Waals surface area contributed by atoms with Crippen LogP contribution in [0.2, 0.25) is 0 Å². The van der Waals surface area contributed by atoms with Gasteiger partial charge in [-0.2, -0.15) is 4.31 Å². The number of amides is 1. The topological polar surface area (TPSA) is 84.9 Å². The van der Waals surface area contributed by atoms with Gasteiger partial charge in [0.25, 0.3) is 0 Å². The molecule has 3 aromatic rings. The van der Waals surface area contributed by atoms with Crippen LogP contribution >= 0.6 is 15.9 Å². The van der Waals surface area contributed by atoms with E-state index in [4.69, 9.17) is 9.47 Å². The number of halogens is 1. The average molecular weight is 547 g/mol. The minimum absolute atomic E-state index is 0.0505. The molecule has 1 amide bonds. The molecule has 0 saturated heterocycles. The number of nitrogens with one attached hydrogen (secondary N) is 1. The van der Waals surface area contributed by atoms with Crippen LogP contribution < -0.4 is 14.8 Å². The van der Waals surface area contributed by atoms with Crippen LogP contribution in [0, 0.1) is 6.92 Å². The quantitative estimate of drug-likeness (QED) is 0.410. The zero-order valence-corrected chi connectivity index (χ0v) is 21.6. The highest BCUT2D eigenvalue weighted by atomic mass is 79.9. The fourth-order valence-electron chi connectivity index (χ4n) is 3.38. The van der Waals surface area contributed by atoms with Crippen molar-refractivity contribution in [2.75, 3.05) is 20.8 Å². The smallest absolute Gasteiger partial charge is 0.243 e. The molecule has 0 aromatic heterocycles. The normalized spacial score (nSPS) is 11.3. The van der Waals surface area contributed by atoms with Crippen molar-refractivity contribution in [2.24, 2.45) is 0 Å². The molecule has 0 aliphatic heterocycles. The van der Waals surface area contributed by atoms with Crippen LogP contribution in [0.1, 0.15) is 16.7 Å². The molecule has 0 bridgehead atoms. The molecule has 34 heavy (non-hydrogen) atoms.